The number of anilines is 1. The van der Waals surface area contributed by atoms with Crippen molar-refractivity contribution in [3.63, 3.8) is 0 Å². The lowest BCUT2D eigenvalue weighted by molar-refractivity contribution is -0.119. The average Bonchev–Trinajstić information content (AvgIpc) is 3.05. The first kappa shape index (κ1) is 17.0. The van der Waals surface area contributed by atoms with Gasteiger partial charge in [-0.2, -0.15) is 0 Å². The first-order valence-electron chi connectivity index (χ1n) is 8.51. The Kier molecular flexibility index (Phi) is 4.74. The highest BCUT2D eigenvalue weighted by Gasteiger charge is 2.21. The van der Waals surface area contributed by atoms with Crippen LogP contribution in [0.25, 0.3) is 10.9 Å². The van der Waals surface area contributed by atoms with Crippen LogP contribution in [0.15, 0.2) is 53.6 Å². The molecule has 0 saturated heterocycles. The molecule has 1 aromatic carbocycles. The Labute approximate surface area is 146 Å². The smallest absolute Gasteiger partial charge is 0.248 e. The molecule has 0 saturated carbocycles. The zero-order valence-electron chi connectivity index (χ0n) is 14.7. The van der Waals surface area contributed by atoms with E-state index in [1.54, 1.807) is 6.07 Å². The second-order valence-corrected chi connectivity index (χ2v) is 6.84. The number of carbonyl (C=O) groups excluding carboxylic acids is 1. The average molecular weight is 337 g/mol. The zero-order valence-corrected chi connectivity index (χ0v) is 14.7. The Morgan fingerprint density at radius 2 is 1.92 bits per heavy atom. The summed E-state index contributed by atoms with van der Waals surface area (Å²) in [7, 11) is 0. The second-order valence-electron chi connectivity index (χ2n) is 6.84. The number of H-pyrrole nitrogens is 1. The third-order valence-electron chi connectivity index (χ3n) is 4.30. The largest absolute Gasteiger partial charge is 0.342 e. The summed E-state index contributed by atoms with van der Waals surface area (Å²) in [5.41, 5.74) is 2.18. The minimum atomic E-state index is -0.262. The molecule has 130 valence electrons. The monoisotopic (exact) mass is 337 g/mol. The van der Waals surface area contributed by atoms with Crippen LogP contribution in [0.5, 0.6) is 0 Å². The lowest BCUT2D eigenvalue weighted by atomic mass is 10.0. The topological polar surface area (TPSA) is 66.9 Å². The van der Waals surface area contributed by atoms with Crippen LogP contribution in [0.1, 0.15) is 31.9 Å². The molecule has 3 aromatic rings. The number of aromatic nitrogens is 2. The molecule has 1 atom stereocenters. The first-order valence-corrected chi connectivity index (χ1v) is 8.51. The van der Waals surface area contributed by atoms with Crippen LogP contribution in [0.4, 0.5) is 5.69 Å². The van der Waals surface area contributed by atoms with E-state index in [9.17, 15) is 9.59 Å². The molecule has 0 bridgehead atoms. The molecular formula is C20H23N3O2. The summed E-state index contributed by atoms with van der Waals surface area (Å²) in [6.45, 7) is 6.11. The summed E-state index contributed by atoms with van der Waals surface area (Å²) in [5, 5.41) is 3.96. The molecule has 0 aliphatic carbocycles. The molecule has 0 radical (unpaired) electrons. The van der Waals surface area contributed by atoms with Gasteiger partial charge in [-0.05, 0) is 49.1 Å². The summed E-state index contributed by atoms with van der Waals surface area (Å²) < 4.78 is 1.93. The molecule has 0 aliphatic heterocycles. The van der Waals surface area contributed by atoms with E-state index >= 15 is 0 Å². The molecule has 5 heteroatoms. The molecule has 2 N–H and O–H groups in total. The number of fused-ring (bicyclic) bond motifs is 1. The summed E-state index contributed by atoms with van der Waals surface area (Å²) in [6, 6.07) is 10.8. The van der Waals surface area contributed by atoms with E-state index in [0.29, 0.717) is 11.6 Å². The van der Waals surface area contributed by atoms with Crippen molar-refractivity contribution >= 4 is 22.5 Å². The molecule has 25 heavy (non-hydrogen) atoms. The Balaban J connectivity index is 1.88. The van der Waals surface area contributed by atoms with E-state index in [1.807, 2.05) is 54.2 Å². The van der Waals surface area contributed by atoms with Gasteiger partial charge in [0.05, 0.1) is 5.52 Å². The Morgan fingerprint density at radius 3 is 2.60 bits per heavy atom. The van der Waals surface area contributed by atoms with Crippen LogP contribution >= 0.6 is 0 Å². The Morgan fingerprint density at radius 1 is 1.20 bits per heavy atom. The minimum absolute atomic E-state index is 0.0562. The van der Waals surface area contributed by atoms with Gasteiger partial charge in [0.25, 0.3) is 0 Å². The number of pyridine rings is 1. The highest BCUT2D eigenvalue weighted by atomic mass is 16.2. The number of benzene rings is 1. The molecule has 1 amide bonds. The maximum Gasteiger partial charge on any atom is 0.248 e. The van der Waals surface area contributed by atoms with E-state index in [0.717, 1.165) is 22.9 Å². The quantitative estimate of drug-likeness (QED) is 0.742. The van der Waals surface area contributed by atoms with Crippen molar-refractivity contribution in [2.75, 3.05) is 5.32 Å². The molecule has 5 nitrogen and oxygen atoms in total. The van der Waals surface area contributed by atoms with Gasteiger partial charge in [0, 0.05) is 29.5 Å². The van der Waals surface area contributed by atoms with Gasteiger partial charge < -0.3 is 14.9 Å². The lowest BCUT2D eigenvalue weighted by Gasteiger charge is -2.20. The second kappa shape index (κ2) is 6.97. The molecule has 0 fully saturated rings. The number of hydrogen-bond acceptors (Lipinski definition) is 2. The van der Waals surface area contributed by atoms with E-state index in [4.69, 9.17) is 0 Å². The van der Waals surface area contributed by atoms with Crippen LogP contribution in [0, 0.1) is 12.8 Å². The standard InChI is InChI=1S/C20H23N3O2/c1-13(2)10-18(23-8-4-5-9-23)20(25)21-15-6-7-16-14(3)11-19(24)22-17(16)12-15/h4-9,11-13,18H,10H2,1-3H3,(H,21,25)(H,22,24)/t18-/m1/s1. The van der Waals surface area contributed by atoms with Gasteiger partial charge in [-0.15, -0.1) is 0 Å². The third-order valence-corrected chi connectivity index (χ3v) is 4.30. The molecule has 2 heterocycles. The number of nitrogens with one attached hydrogen (secondary N) is 2. The molecule has 0 unspecified atom stereocenters. The van der Waals surface area contributed by atoms with Crippen molar-refractivity contribution in [1.82, 2.24) is 9.55 Å². The summed E-state index contributed by atoms with van der Waals surface area (Å²) in [4.78, 5) is 27.3. The van der Waals surface area contributed by atoms with Gasteiger partial charge >= 0.3 is 0 Å². The lowest BCUT2D eigenvalue weighted by Crippen LogP contribution is -2.26. The van der Waals surface area contributed by atoms with Crippen molar-refractivity contribution < 1.29 is 4.79 Å². The van der Waals surface area contributed by atoms with Gasteiger partial charge in [-0.1, -0.05) is 19.9 Å². The number of rotatable bonds is 5. The number of aryl methyl sites for hydroxylation is 1. The van der Waals surface area contributed by atoms with Gasteiger partial charge in [0.2, 0.25) is 11.5 Å². The first-order chi connectivity index (χ1) is 11.9. The predicted octanol–water partition coefficient (Wildman–Crippen LogP) is 3.86. The number of carbonyl (C=O) groups is 1. The Bertz CT molecular complexity index is 939. The van der Waals surface area contributed by atoms with Gasteiger partial charge in [-0.25, -0.2) is 0 Å². The van der Waals surface area contributed by atoms with Crippen LogP contribution < -0.4 is 10.9 Å². The van der Waals surface area contributed by atoms with Gasteiger partial charge in [0.15, 0.2) is 0 Å². The predicted molar refractivity (Wildman–Crippen MR) is 101 cm³/mol. The van der Waals surface area contributed by atoms with Crippen LogP contribution in [0.3, 0.4) is 0 Å². The normalized spacial score (nSPS) is 12.5. The fourth-order valence-corrected chi connectivity index (χ4v) is 3.10. The van der Waals surface area contributed by atoms with Crippen molar-refractivity contribution in [3.05, 3.63) is 64.7 Å². The van der Waals surface area contributed by atoms with E-state index in [2.05, 4.69) is 24.1 Å². The van der Waals surface area contributed by atoms with Crippen molar-refractivity contribution in [2.24, 2.45) is 5.92 Å². The number of nitrogens with zero attached hydrogens (tertiary/aromatic N) is 1. The Hall–Kier alpha value is -2.82. The third kappa shape index (κ3) is 3.82. The van der Waals surface area contributed by atoms with Crippen molar-refractivity contribution in [1.29, 1.82) is 0 Å². The van der Waals surface area contributed by atoms with E-state index < -0.39 is 0 Å². The number of hydrogen-bond donors (Lipinski definition) is 2. The summed E-state index contributed by atoms with van der Waals surface area (Å²) in [6.07, 6.45) is 4.58. The fourth-order valence-electron chi connectivity index (χ4n) is 3.10. The van der Waals surface area contributed by atoms with Crippen molar-refractivity contribution in [2.45, 2.75) is 33.2 Å². The van der Waals surface area contributed by atoms with Gasteiger partial charge in [-0.3, -0.25) is 9.59 Å². The highest BCUT2D eigenvalue weighted by Crippen LogP contribution is 2.23. The van der Waals surface area contributed by atoms with E-state index in [-0.39, 0.29) is 17.5 Å². The maximum absolute atomic E-state index is 12.8. The molecule has 0 aliphatic rings. The van der Waals surface area contributed by atoms with Crippen LogP contribution in [-0.2, 0) is 4.79 Å². The van der Waals surface area contributed by atoms with Crippen LogP contribution in [-0.4, -0.2) is 15.5 Å². The maximum atomic E-state index is 12.8. The zero-order chi connectivity index (χ0) is 18.0. The summed E-state index contributed by atoms with van der Waals surface area (Å²) in [5.74, 6) is 0.341. The fraction of sp³-hybridized carbons (Fsp3) is 0.300. The van der Waals surface area contributed by atoms with Crippen molar-refractivity contribution in [3.8, 4) is 0 Å². The minimum Gasteiger partial charge on any atom is -0.342 e. The number of amides is 1. The summed E-state index contributed by atoms with van der Waals surface area (Å²) >= 11 is 0. The van der Waals surface area contributed by atoms with Gasteiger partial charge in [0.1, 0.15) is 6.04 Å². The molecule has 0 spiro atoms. The number of aromatic amines is 1. The molecule has 2 aromatic heterocycles. The molecular weight excluding hydrogens is 314 g/mol. The van der Waals surface area contributed by atoms with E-state index in [1.165, 1.54) is 0 Å². The van der Waals surface area contributed by atoms with Crippen LogP contribution in [0.2, 0.25) is 0 Å². The SMILES string of the molecule is Cc1cc(=O)[nH]c2cc(NC(=O)[C@@H](CC(C)C)n3cccc3)ccc12. The highest BCUT2D eigenvalue weighted by molar-refractivity contribution is 5.96. The molecule has 3 rings (SSSR count).